The number of amides is 1. The fourth-order valence-corrected chi connectivity index (χ4v) is 4.98. The summed E-state index contributed by atoms with van der Waals surface area (Å²) < 4.78 is 4.93. The molecule has 1 unspecified atom stereocenters. The molecule has 0 aromatic rings. The Labute approximate surface area is 127 Å². The summed E-state index contributed by atoms with van der Waals surface area (Å²) in [4.78, 5) is 11.9. The van der Waals surface area contributed by atoms with Gasteiger partial charge in [0.2, 0.25) is 5.91 Å². The molecule has 4 aliphatic carbocycles. The standard InChI is InChI=1S/C15H26N2O2.ClH/c1-19-8-14(16)15(18)17-7-13-11-3-9-2-10(5-11)6-12(13)4-9;/h9-14H,2-8,16H2,1H3,(H,17,18);1H. The number of nitrogens with one attached hydrogen (secondary N) is 1. The first-order valence-corrected chi connectivity index (χ1v) is 7.69. The molecule has 4 saturated carbocycles. The van der Waals surface area contributed by atoms with Gasteiger partial charge >= 0.3 is 0 Å². The number of hydrogen-bond donors (Lipinski definition) is 2. The van der Waals surface area contributed by atoms with E-state index in [9.17, 15) is 4.79 Å². The highest BCUT2D eigenvalue weighted by Crippen LogP contribution is 2.56. The van der Waals surface area contributed by atoms with Gasteiger partial charge in [0, 0.05) is 13.7 Å². The van der Waals surface area contributed by atoms with Gasteiger partial charge in [0.1, 0.15) is 6.04 Å². The van der Waals surface area contributed by atoms with E-state index in [4.69, 9.17) is 10.5 Å². The Balaban J connectivity index is 0.00000147. The van der Waals surface area contributed by atoms with Crippen LogP contribution in [0.5, 0.6) is 0 Å². The predicted molar refractivity (Wildman–Crippen MR) is 80.6 cm³/mol. The number of halogens is 1. The lowest BCUT2D eigenvalue weighted by Crippen LogP contribution is -2.51. The lowest BCUT2D eigenvalue weighted by molar-refractivity contribution is -0.124. The maximum absolute atomic E-state index is 11.9. The molecule has 116 valence electrons. The molecule has 0 radical (unpaired) electrons. The van der Waals surface area contributed by atoms with Crippen LogP contribution in [0.2, 0.25) is 0 Å². The number of rotatable bonds is 5. The van der Waals surface area contributed by atoms with Gasteiger partial charge in [-0.05, 0) is 61.7 Å². The third kappa shape index (κ3) is 3.12. The molecule has 4 fully saturated rings. The molecule has 4 bridgehead atoms. The number of carbonyl (C=O) groups excluding carboxylic acids is 1. The molecule has 0 heterocycles. The van der Waals surface area contributed by atoms with E-state index in [-0.39, 0.29) is 18.3 Å². The van der Waals surface area contributed by atoms with Crippen molar-refractivity contribution < 1.29 is 9.53 Å². The number of carbonyl (C=O) groups is 1. The lowest BCUT2D eigenvalue weighted by atomic mass is 9.52. The van der Waals surface area contributed by atoms with E-state index in [1.165, 1.54) is 32.1 Å². The minimum atomic E-state index is -0.526. The molecular weight excluding hydrogens is 276 g/mol. The summed E-state index contributed by atoms with van der Waals surface area (Å²) >= 11 is 0. The zero-order valence-electron chi connectivity index (χ0n) is 12.2. The first kappa shape index (κ1) is 16.1. The summed E-state index contributed by atoms with van der Waals surface area (Å²) in [5.74, 6) is 4.34. The van der Waals surface area contributed by atoms with E-state index in [2.05, 4.69) is 5.32 Å². The molecular formula is C15H27ClN2O2. The molecule has 0 spiro atoms. The molecule has 3 N–H and O–H groups in total. The lowest BCUT2D eigenvalue weighted by Gasteiger charge is -2.54. The normalized spacial score (nSPS) is 39.2. The van der Waals surface area contributed by atoms with Crippen molar-refractivity contribution in [2.24, 2.45) is 35.3 Å². The molecule has 0 aliphatic heterocycles. The molecule has 1 amide bonds. The fraction of sp³-hybridized carbons (Fsp3) is 0.933. The van der Waals surface area contributed by atoms with E-state index in [0.717, 1.165) is 30.2 Å². The van der Waals surface area contributed by atoms with Gasteiger partial charge in [-0.1, -0.05) is 0 Å². The highest BCUT2D eigenvalue weighted by Gasteiger charge is 2.47. The number of nitrogens with two attached hydrogens (primary N) is 1. The Morgan fingerprint density at radius 1 is 1.20 bits per heavy atom. The minimum absolute atomic E-state index is 0. The van der Waals surface area contributed by atoms with Crippen LogP contribution in [0.15, 0.2) is 0 Å². The van der Waals surface area contributed by atoms with Crippen LogP contribution in [0.4, 0.5) is 0 Å². The van der Waals surface area contributed by atoms with Gasteiger partial charge in [-0.2, -0.15) is 0 Å². The monoisotopic (exact) mass is 302 g/mol. The van der Waals surface area contributed by atoms with Crippen LogP contribution in [-0.2, 0) is 9.53 Å². The van der Waals surface area contributed by atoms with E-state index >= 15 is 0 Å². The molecule has 0 aromatic carbocycles. The van der Waals surface area contributed by atoms with Crippen molar-refractivity contribution in [2.75, 3.05) is 20.3 Å². The Morgan fingerprint density at radius 2 is 1.75 bits per heavy atom. The Bertz CT molecular complexity index is 323. The summed E-state index contributed by atoms with van der Waals surface area (Å²) in [5.41, 5.74) is 5.75. The second-order valence-electron chi connectivity index (χ2n) is 6.90. The number of methoxy groups -OCH3 is 1. The van der Waals surface area contributed by atoms with Crippen LogP contribution >= 0.6 is 12.4 Å². The van der Waals surface area contributed by atoms with E-state index in [1.54, 1.807) is 7.11 Å². The highest BCUT2D eigenvalue weighted by molar-refractivity contribution is 5.85. The quantitative estimate of drug-likeness (QED) is 0.810. The maximum atomic E-state index is 11.9. The number of ether oxygens (including phenoxy) is 1. The highest BCUT2D eigenvalue weighted by atomic mass is 35.5. The summed E-state index contributed by atoms with van der Waals surface area (Å²) in [6, 6.07) is -0.526. The molecule has 1 atom stereocenters. The molecule has 20 heavy (non-hydrogen) atoms. The number of hydrogen-bond acceptors (Lipinski definition) is 3. The topological polar surface area (TPSA) is 64.3 Å². The van der Waals surface area contributed by atoms with Crippen LogP contribution in [-0.4, -0.2) is 32.2 Å². The van der Waals surface area contributed by atoms with Crippen LogP contribution in [0.3, 0.4) is 0 Å². The second-order valence-corrected chi connectivity index (χ2v) is 6.90. The van der Waals surface area contributed by atoms with Gasteiger partial charge in [0.05, 0.1) is 6.61 Å². The maximum Gasteiger partial charge on any atom is 0.239 e. The molecule has 4 nitrogen and oxygen atoms in total. The summed E-state index contributed by atoms with van der Waals surface area (Å²) in [6.45, 7) is 1.12. The Hall–Kier alpha value is -0.320. The van der Waals surface area contributed by atoms with Crippen LogP contribution in [0, 0.1) is 29.6 Å². The largest absolute Gasteiger partial charge is 0.383 e. The molecule has 5 heteroatoms. The van der Waals surface area contributed by atoms with E-state index < -0.39 is 6.04 Å². The van der Waals surface area contributed by atoms with Crippen LogP contribution in [0.25, 0.3) is 0 Å². The van der Waals surface area contributed by atoms with Crippen molar-refractivity contribution in [2.45, 2.75) is 38.1 Å². The molecule has 0 saturated heterocycles. The second kappa shape index (κ2) is 6.63. The summed E-state index contributed by atoms with van der Waals surface area (Å²) in [7, 11) is 1.57. The molecule has 4 aliphatic rings. The van der Waals surface area contributed by atoms with Crippen molar-refractivity contribution in [3.8, 4) is 0 Å². The van der Waals surface area contributed by atoms with Gasteiger partial charge in [-0.3, -0.25) is 4.79 Å². The summed E-state index contributed by atoms with van der Waals surface area (Å²) in [5, 5.41) is 3.05. The van der Waals surface area contributed by atoms with Crippen molar-refractivity contribution in [3.05, 3.63) is 0 Å². The van der Waals surface area contributed by atoms with Gasteiger partial charge in [-0.15, -0.1) is 12.4 Å². The van der Waals surface area contributed by atoms with Gasteiger partial charge in [0.15, 0.2) is 0 Å². The summed E-state index contributed by atoms with van der Waals surface area (Å²) in [6.07, 6.45) is 7.08. The van der Waals surface area contributed by atoms with Crippen molar-refractivity contribution >= 4 is 18.3 Å². The van der Waals surface area contributed by atoms with Crippen molar-refractivity contribution in [3.63, 3.8) is 0 Å². The fourth-order valence-electron chi connectivity index (χ4n) is 4.98. The van der Waals surface area contributed by atoms with Crippen molar-refractivity contribution in [1.82, 2.24) is 5.32 Å². The van der Waals surface area contributed by atoms with E-state index in [1.807, 2.05) is 0 Å². The van der Waals surface area contributed by atoms with E-state index in [0.29, 0.717) is 12.5 Å². The van der Waals surface area contributed by atoms with Gasteiger partial charge < -0.3 is 15.8 Å². The zero-order chi connectivity index (χ0) is 13.4. The smallest absolute Gasteiger partial charge is 0.239 e. The third-order valence-corrected chi connectivity index (χ3v) is 5.62. The zero-order valence-corrected chi connectivity index (χ0v) is 13.0. The van der Waals surface area contributed by atoms with Crippen LogP contribution in [0.1, 0.15) is 32.1 Å². The first-order valence-electron chi connectivity index (χ1n) is 7.69. The predicted octanol–water partition coefficient (Wildman–Crippen LogP) is 1.57. The molecule has 0 aromatic heterocycles. The molecule has 4 rings (SSSR count). The average Bonchev–Trinajstić information content (AvgIpc) is 2.37. The third-order valence-electron chi connectivity index (χ3n) is 5.62. The average molecular weight is 303 g/mol. The Morgan fingerprint density at radius 3 is 2.25 bits per heavy atom. The Kier molecular flexibility index (Phi) is 5.32. The van der Waals surface area contributed by atoms with Crippen LogP contribution < -0.4 is 11.1 Å². The van der Waals surface area contributed by atoms with Gasteiger partial charge in [0.25, 0.3) is 0 Å². The minimum Gasteiger partial charge on any atom is -0.383 e. The SMILES string of the molecule is COCC(N)C(=O)NCC1C2CC3CC(C2)CC1C3.Cl. The first-order chi connectivity index (χ1) is 9.17. The van der Waals surface area contributed by atoms with Crippen molar-refractivity contribution in [1.29, 1.82) is 0 Å². The van der Waals surface area contributed by atoms with Gasteiger partial charge in [-0.25, -0.2) is 0 Å².